The average Bonchev–Trinajstić information content (AvgIpc) is 3.30. The summed E-state index contributed by atoms with van der Waals surface area (Å²) in [4.78, 5) is 34.7. The van der Waals surface area contributed by atoms with Crippen LogP contribution in [0.25, 0.3) is 11.0 Å². The van der Waals surface area contributed by atoms with Gasteiger partial charge >= 0.3 is 5.97 Å². The van der Waals surface area contributed by atoms with E-state index in [1.807, 2.05) is 0 Å². The number of aromatic nitrogens is 4. The molecule has 1 aliphatic rings. The van der Waals surface area contributed by atoms with Gasteiger partial charge < -0.3 is 10.1 Å². The van der Waals surface area contributed by atoms with E-state index in [0.717, 1.165) is 30.2 Å². The van der Waals surface area contributed by atoms with Crippen molar-refractivity contribution in [1.29, 1.82) is 0 Å². The summed E-state index contributed by atoms with van der Waals surface area (Å²) in [5.41, 5.74) is 2.19. The molecule has 0 bridgehead atoms. The van der Waals surface area contributed by atoms with Crippen LogP contribution in [0.4, 0.5) is 5.00 Å². The normalized spacial score (nSPS) is 15.9. The number of thioether (sulfide) groups is 1. The molecular weight excluding hydrogens is 410 g/mol. The van der Waals surface area contributed by atoms with Crippen molar-refractivity contribution in [1.82, 2.24) is 20.2 Å². The summed E-state index contributed by atoms with van der Waals surface area (Å²) in [6.07, 6.45) is 5.88. The number of hydrogen-bond donors (Lipinski definition) is 2. The van der Waals surface area contributed by atoms with Gasteiger partial charge in [-0.15, -0.1) is 11.3 Å². The number of hydrogen-bond acceptors (Lipinski definition) is 8. The van der Waals surface area contributed by atoms with Crippen molar-refractivity contribution >= 4 is 51.0 Å². The van der Waals surface area contributed by atoms with Crippen LogP contribution in [-0.4, -0.2) is 44.4 Å². The molecule has 2 N–H and O–H groups in total. The van der Waals surface area contributed by atoms with Crippen molar-refractivity contribution < 1.29 is 14.3 Å². The molecular formula is C19H21N5O3S2. The van der Waals surface area contributed by atoms with Crippen LogP contribution in [0.5, 0.6) is 0 Å². The van der Waals surface area contributed by atoms with Crippen molar-refractivity contribution in [3.63, 3.8) is 0 Å². The number of esters is 1. The van der Waals surface area contributed by atoms with Crippen LogP contribution in [0, 0.1) is 5.92 Å². The smallest absolute Gasteiger partial charge is 0.341 e. The number of rotatable bonds is 6. The molecule has 0 saturated heterocycles. The Labute approximate surface area is 175 Å². The van der Waals surface area contributed by atoms with Crippen molar-refractivity contribution in [3.8, 4) is 0 Å². The number of fused-ring (bicyclic) bond motifs is 2. The second-order valence-electron chi connectivity index (χ2n) is 6.92. The molecule has 0 aliphatic heterocycles. The highest BCUT2D eigenvalue weighted by atomic mass is 32.2. The molecule has 29 heavy (non-hydrogen) atoms. The maximum Gasteiger partial charge on any atom is 0.341 e. The highest BCUT2D eigenvalue weighted by Gasteiger charge is 2.29. The van der Waals surface area contributed by atoms with Crippen LogP contribution in [0.1, 0.15) is 41.1 Å². The lowest BCUT2D eigenvalue weighted by Crippen LogP contribution is -2.17. The molecule has 10 heteroatoms. The first-order valence-electron chi connectivity index (χ1n) is 9.45. The van der Waals surface area contributed by atoms with Crippen molar-refractivity contribution in [2.45, 2.75) is 38.1 Å². The molecule has 1 aliphatic carbocycles. The minimum Gasteiger partial charge on any atom is -0.462 e. The van der Waals surface area contributed by atoms with Gasteiger partial charge in [0.1, 0.15) is 16.4 Å². The van der Waals surface area contributed by atoms with Crippen LogP contribution in [0.2, 0.25) is 0 Å². The number of nitrogens with one attached hydrogen (secondary N) is 2. The Morgan fingerprint density at radius 2 is 2.28 bits per heavy atom. The molecule has 0 saturated carbocycles. The molecule has 3 heterocycles. The van der Waals surface area contributed by atoms with E-state index in [0.29, 0.717) is 33.8 Å². The molecule has 1 amide bonds. The summed E-state index contributed by atoms with van der Waals surface area (Å²) in [6, 6.07) is 0. The van der Waals surface area contributed by atoms with Crippen molar-refractivity contribution in [2.75, 3.05) is 17.7 Å². The first kappa shape index (κ1) is 19.8. The fourth-order valence-corrected chi connectivity index (χ4v) is 5.59. The molecule has 3 aromatic heterocycles. The van der Waals surface area contributed by atoms with E-state index in [4.69, 9.17) is 4.74 Å². The molecule has 0 fully saturated rings. The predicted octanol–water partition coefficient (Wildman–Crippen LogP) is 3.45. The third-order valence-corrected chi connectivity index (χ3v) is 6.97. The summed E-state index contributed by atoms with van der Waals surface area (Å²) in [7, 11) is 0. The number of amides is 1. The quantitative estimate of drug-likeness (QED) is 0.349. The molecule has 0 spiro atoms. The average molecular weight is 432 g/mol. The van der Waals surface area contributed by atoms with Gasteiger partial charge in [-0.2, -0.15) is 5.10 Å². The van der Waals surface area contributed by atoms with Crippen LogP contribution in [0.15, 0.2) is 17.6 Å². The Bertz CT molecular complexity index is 1060. The van der Waals surface area contributed by atoms with Gasteiger partial charge in [-0.1, -0.05) is 18.7 Å². The number of H-pyrrole nitrogens is 1. The molecule has 3 aromatic rings. The fourth-order valence-electron chi connectivity index (χ4n) is 3.41. The predicted molar refractivity (Wildman–Crippen MR) is 113 cm³/mol. The van der Waals surface area contributed by atoms with Crippen LogP contribution in [0.3, 0.4) is 0 Å². The Hall–Kier alpha value is -2.46. The topological polar surface area (TPSA) is 110 Å². The van der Waals surface area contributed by atoms with E-state index < -0.39 is 0 Å². The lowest BCUT2D eigenvalue weighted by atomic mass is 9.88. The highest BCUT2D eigenvalue weighted by Crippen LogP contribution is 2.40. The Balaban J connectivity index is 1.51. The van der Waals surface area contributed by atoms with Crippen LogP contribution in [-0.2, 0) is 22.4 Å². The van der Waals surface area contributed by atoms with Crippen LogP contribution >= 0.6 is 23.1 Å². The maximum absolute atomic E-state index is 12.6. The zero-order chi connectivity index (χ0) is 20.4. The van der Waals surface area contributed by atoms with Crippen LogP contribution < -0.4 is 5.32 Å². The van der Waals surface area contributed by atoms with Crippen molar-refractivity contribution in [3.05, 3.63) is 28.5 Å². The third-order valence-electron chi connectivity index (χ3n) is 4.80. The van der Waals surface area contributed by atoms with Gasteiger partial charge in [0, 0.05) is 4.88 Å². The standard InChI is InChI=1S/C19H21N5O3S2/c1-3-27-19(26)15-11-5-4-10(2)6-13(11)29-18(15)23-14(25)8-28-17-12-7-22-24-16(12)20-9-21-17/h7,9-10H,3-6,8H2,1-2H3,(H,23,25)(H,20,21,22,24)/t10-/m1/s1. The number of anilines is 1. The van der Waals surface area contributed by atoms with Gasteiger partial charge in [0.15, 0.2) is 5.65 Å². The Morgan fingerprint density at radius 3 is 3.10 bits per heavy atom. The van der Waals surface area contributed by atoms with Gasteiger partial charge in [0.05, 0.1) is 29.5 Å². The molecule has 0 unspecified atom stereocenters. The first-order valence-corrected chi connectivity index (χ1v) is 11.2. The second kappa shape index (κ2) is 8.50. The largest absolute Gasteiger partial charge is 0.462 e. The summed E-state index contributed by atoms with van der Waals surface area (Å²) in [6.45, 7) is 4.30. The summed E-state index contributed by atoms with van der Waals surface area (Å²) < 4.78 is 5.25. The molecule has 8 nitrogen and oxygen atoms in total. The van der Waals surface area contributed by atoms with E-state index in [1.165, 1.54) is 34.3 Å². The number of ether oxygens (including phenoxy) is 1. The number of nitrogens with zero attached hydrogens (tertiary/aromatic N) is 3. The number of aromatic amines is 1. The monoisotopic (exact) mass is 431 g/mol. The van der Waals surface area contributed by atoms with E-state index >= 15 is 0 Å². The van der Waals surface area contributed by atoms with Gasteiger partial charge in [-0.3, -0.25) is 9.89 Å². The third kappa shape index (κ3) is 4.13. The van der Waals surface area contributed by atoms with Gasteiger partial charge in [-0.05, 0) is 37.7 Å². The number of carbonyl (C=O) groups excluding carboxylic acids is 2. The lowest BCUT2D eigenvalue weighted by Gasteiger charge is -2.18. The summed E-state index contributed by atoms with van der Waals surface area (Å²) in [5.74, 6) is 0.185. The first-order chi connectivity index (χ1) is 14.1. The summed E-state index contributed by atoms with van der Waals surface area (Å²) in [5, 5.41) is 11.7. The Morgan fingerprint density at radius 1 is 1.41 bits per heavy atom. The second-order valence-corrected chi connectivity index (χ2v) is 8.99. The molecule has 1 atom stereocenters. The molecule has 0 aromatic carbocycles. The SMILES string of the molecule is CCOC(=O)c1c(NC(=O)CSc2ncnc3[nH]ncc23)sc2c1CC[C@@H](C)C2. The minimum atomic E-state index is -0.363. The molecule has 4 rings (SSSR count). The van der Waals surface area contributed by atoms with E-state index in [-0.39, 0.29) is 17.6 Å². The van der Waals surface area contributed by atoms with Crippen molar-refractivity contribution in [2.24, 2.45) is 5.92 Å². The number of thiophene rings is 1. The Kier molecular flexibility index (Phi) is 5.81. The van der Waals surface area contributed by atoms with E-state index in [9.17, 15) is 9.59 Å². The van der Waals surface area contributed by atoms with E-state index in [2.05, 4.69) is 32.4 Å². The molecule has 0 radical (unpaired) electrons. The lowest BCUT2D eigenvalue weighted by molar-refractivity contribution is -0.113. The number of carbonyl (C=O) groups is 2. The summed E-state index contributed by atoms with van der Waals surface area (Å²) >= 11 is 2.80. The fraction of sp³-hybridized carbons (Fsp3) is 0.421. The molecule has 152 valence electrons. The van der Waals surface area contributed by atoms with E-state index in [1.54, 1.807) is 13.1 Å². The van der Waals surface area contributed by atoms with Gasteiger partial charge in [0.2, 0.25) is 5.91 Å². The highest BCUT2D eigenvalue weighted by molar-refractivity contribution is 8.00. The minimum absolute atomic E-state index is 0.165. The van der Waals surface area contributed by atoms with Gasteiger partial charge in [0.25, 0.3) is 0 Å². The van der Waals surface area contributed by atoms with Gasteiger partial charge in [-0.25, -0.2) is 14.8 Å². The maximum atomic E-state index is 12.6. The zero-order valence-electron chi connectivity index (χ0n) is 16.2. The zero-order valence-corrected chi connectivity index (χ0v) is 17.8.